The van der Waals surface area contributed by atoms with E-state index in [0.29, 0.717) is 23.4 Å². The zero-order valence-electron chi connectivity index (χ0n) is 8.66. The molecule has 1 aromatic heterocycles. The first-order chi connectivity index (χ1) is 6.74. The predicted octanol–water partition coefficient (Wildman–Crippen LogP) is 3.55. The summed E-state index contributed by atoms with van der Waals surface area (Å²) < 4.78 is 5.56. The largest absolute Gasteiger partial charge is 0.490 e. The third-order valence-corrected chi connectivity index (χ3v) is 2.31. The first kappa shape index (κ1) is 11.3. The van der Waals surface area contributed by atoms with E-state index in [9.17, 15) is 0 Å². The minimum absolute atomic E-state index is 0.441. The number of rotatable bonds is 5. The van der Waals surface area contributed by atoms with Crippen LogP contribution in [0.25, 0.3) is 0 Å². The Morgan fingerprint density at radius 2 is 2.36 bits per heavy atom. The van der Waals surface area contributed by atoms with E-state index in [1.807, 2.05) is 12.1 Å². The Hall–Kier alpha value is -0.760. The summed E-state index contributed by atoms with van der Waals surface area (Å²) >= 11 is 5.85. The first-order valence-electron chi connectivity index (χ1n) is 4.97. The van der Waals surface area contributed by atoms with Gasteiger partial charge in [-0.15, -0.1) is 0 Å². The molecule has 1 atom stereocenters. The smallest absolute Gasteiger partial charge is 0.171 e. The SMILES string of the molecule is CCCC(C)COc1cccnc1Cl. The van der Waals surface area contributed by atoms with Gasteiger partial charge in [-0.1, -0.05) is 31.9 Å². The molecule has 1 unspecified atom stereocenters. The van der Waals surface area contributed by atoms with Crippen molar-refractivity contribution in [2.24, 2.45) is 5.92 Å². The summed E-state index contributed by atoms with van der Waals surface area (Å²) in [6, 6.07) is 3.67. The fraction of sp³-hybridized carbons (Fsp3) is 0.545. The molecule has 0 saturated carbocycles. The summed E-state index contributed by atoms with van der Waals surface area (Å²) in [5, 5.41) is 0.441. The highest BCUT2D eigenvalue weighted by Crippen LogP contribution is 2.21. The zero-order chi connectivity index (χ0) is 10.4. The molecule has 0 saturated heterocycles. The highest BCUT2D eigenvalue weighted by atomic mass is 35.5. The van der Waals surface area contributed by atoms with E-state index in [0.717, 1.165) is 0 Å². The van der Waals surface area contributed by atoms with Crippen LogP contribution in [0.15, 0.2) is 18.3 Å². The molecular weight excluding hydrogens is 198 g/mol. The molecule has 0 spiro atoms. The van der Waals surface area contributed by atoms with Crippen molar-refractivity contribution < 1.29 is 4.74 Å². The van der Waals surface area contributed by atoms with Crippen molar-refractivity contribution in [3.05, 3.63) is 23.5 Å². The van der Waals surface area contributed by atoms with Crippen molar-refractivity contribution in [1.29, 1.82) is 0 Å². The Bertz CT molecular complexity index is 278. The third-order valence-electron chi connectivity index (χ3n) is 2.03. The number of hydrogen-bond acceptors (Lipinski definition) is 2. The molecular formula is C11H16ClNO. The number of ether oxygens (including phenoxy) is 1. The van der Waals surface area contributed by atoms with Crippen LogP contribution in [0.1, 0.15) is 26.7 Å². The van der Waals surface area contributed by atoms with Crippen LogP contribution in [-0.4, -0.2) is 11.6 Å². The molecule has 0 aliphatic heterocycles. The number of hydrogen-bond donors (Lipinski definition) is 0. The highest BCUT2D eigenvalue weighted by molar-refractivity contribution is 6.30. The van der Waals surface area contributed by atoms with E-state index < -0.39 is 0 Å². The summed E-state index contributed by atoms with van der Waals surface area (Å²) in [5.41, 5.74) is 0. The summed E-state index contributed by atoms with van der Waals surface area (Å²) in [4.78, 5) is 3.94. The molecule has 0 aromatic carbocycles. The minimum Gasteiger partial charge on any atom is -0.490 e. The molecule has 0 amide bonds. The molecule has 0 fully saturated rings. The number of halogens is 1. The zero-order valence-corrected chi connectivity index (χ0v) is 9.42. The minimum atomic E-state index is 0.441. The fourth-order valence-electron chi connectivity index (χ4n) is 1.29. The van der Waals surface area contributed by atoms with Crippen LogP contribution in [0.4, 0.5) is 0 Å². The molecule has 0 aliphatic rings. The number of aromatic nitrogens is 1. The van der Waals surface area contributed by atoms with Crippen LogP contribution in [-0.2, 0) is 0 Å². The average molecular weight is 214 g/mol. The maximum Gasteiger partial charge on any atom is 0.171 e. The van der Waals surface area contributed by atoms with Gasteiger partial charge in [-0.05, 0) is 24.5 Å². The lowest BCUT2D eigenvalue weighted by molar-refractivity contribution is 0.251. The van der Waals surface area contributed by atoms with Crippen LogP contribution in [0.5, 0.6) is 5.75 Å². The Kier molecular flexibility index (Phi) is 4.74. The van der Waals surface area contributed by atoms with Crippen LogP contribution in [0.2, 0.25) is 5.15 Å². The van der Waals surface area contributed by atoms with Gasteiger partial charge in [0.25, 0.3) is 0 Å². The lowest BCUT2D eigenvalue weighted by atomic mass is 10.1. The van der Waals surface area contributed by atoms with Gasteiger partial charge in [-0.2, -0.15) is 0 Å². The summed E-state index contributed by atoms with van der Waals surface area (Å²) in [7, 11) is 0. The van der Waals surface area contributed by atoms with Gasteiger partial charge in [-0.25, -0.2) is 4.98 Å². The van der Waals surface area contributed by atoms with E-state index in [1.54, 1.807) is 6.20 Å². The summed E-state index contributed by atoms with van der Waals surface area (Å²) in [5.74, 6) is 1.24. The summed E-state index contributed by atoms with van der Waals surface area (Å²) in [6.07, 6.45) is 4.02. The fourth-order valence-corrected chi connectivity index (χ4v) is 1.46. The van der Waals surface area contributed by atoms with Gasteiger partial charge < -0.3 is 4.74 Å². The maximum absolute atomic E-state index is 5.85. The van der Waals surface area contributed by atoms with Crippen LogP contribution >= 0.6 is 11.6 Å². The second-order valence-electron chi connectivity index (χ2n) is 3.50. The van der Waals surface area contributed by atoms with Gasteiger partial charge >= 0.3 is 0 Å². The second kappa shape index (κ2) is 5.86. The molecule has 0 bridgehead atoms. The van der Waals surface area contributed by atoms with Crippen LogP contribution < -0.4 is 4.74 Å². The molecule has 0 N–H and O–H groups in total. The van der Waals surface area contributed by atoms with Crippen molar-refractivity contribution in [2.45, 2.75) is 26.7 Å². The number of nitrogens with zero attached hydrogens (tertiary/aromatic N) is 1. The van der Waals surface area contributed by atoms with Crippen molar-refractivity contribution >= 4 is 11.6 Å². The van der Waals surface area contributed by atoms with Crippen molar-refractivity contribution in [3.63, 3.8) is 0 Å². The van der Waals surface area contributed by atoms with E-state index in [4.69, 9.17) is 16.3 Å². The van der Waals surface area contributed by atoms with E-state index >= 15 is 0 Å². The molecule has 0 radical (unpaired) electrons. The van der Waals surface area contributed by atoms with Gasteiger partial charge in [0.1, 0.15) is 0 Å². The standard InChI is InChI=1S/C11H16ClNO/c1-3-5-9(2)8-14-10-6-4-7-13-11(10)12/h4,6-7,9H,3,5,8H2,1-2H3. The monoisotopic (exact) mass is 213 g/mol. The molecule has 0 aliphatic carbocycles. The Morgan fingerprint density at radius 3 is 3.00 bits per heavy atom. The Balaban J connectivity index is 2.41. The van der Waals surface area contributed by atoms with Crippen molar-refractivity contribution in [2.75, 3.05) is 6.61 Å². The molecule has 1 aromatic rings. The third kappa shape index (κ3) is 3.54. The normalized spacial score (nSPS) is 12.5. The van der Waals surface area contributed by atoms with Gasteiger partial charge in [-0.3, -0.25) is 0 Å². The van der Waals surface area contributed by atoms with Gasteiger partial charge in [0.2, 0.25) is 0 Å². The lowest BCUT2D eigenvalue weighted by Crippen LogP contribution is -2.08. The molecule has 1 rings (SSSR count). The quantitative estimate of drug-likeness (QED) is 0.698. The first-order valence-corrected chi connectivity index (χ1v) is 5.35. The second-order valence-corrected chi connectivity index (χ2v) is 3.86. The predicted molar refractivity (Wildman–Crippen MR) is 58.8 cm³/mol. The molecule has 78 valence electrons. The van der Waals surface area contributed by atoms with Gasteiger partial charge in [0.15, 0.2) is 10.9 Å². The van der Waals surface area contributed by atoms with E-state index in [1.165, 1.54) is 12.8 Å². The topological polar surface area (TPSA) is 22.1 Å². The average Bonchev–Trinajstić information content (AvgIpc) is 2.17. The molecule has 1 heterocycles. The van der Waals surface area contributed by atoms with Crippen LogP contribution in [0.3, 0.4) is 0 Å². The van der Waals surface area contributed by atoms with Crippen molar-refractivity contribution in [1.82, 2.24) is 4.98 Å². The maximum atomic E-state index is 5.85. The summed E-state index contributed by atoms with van der Waals surface area (Å²) in [6.45, 7) is 5.06. The molecule has 3 heteroatoms. The van der Waals surface area contributed by atoms with Gasteiger partial charge in [0, 0.05) is 6.20 Å². The highest BCUT2D eigenvalue weighted by Gasteiger charge is 2.04. The van der Waals surface area contributed by atoms with E-state index in [2.05, 4.69) is 18.8 Å². The van der Waals surface area contributed by atoms with Crippen LogP contribution in [0, 0.1) is 5.92 Å². The molecule has 14 heavy (non-hydrogen) atoms. The van der Waals surface area contributed by atoms with E-state index in [-0.39, 0.29) is 0 Å². The van der Waals surface area contributed by atoms with Crippen molar-refractivity contribution in [3.8, 4) is 5.75 Å². The lowest BCUT2D eigenvalue weighted by Gasteiger charge is -2.12. The molecule has 2 nitrogen and oxygen atoms in total. The Labute approximate surface area is 90.3 Å². The van der Waals surface area contributed by atoms with Gasteiger partial charge in [0.05, 0.1) is 6.61 Å². The Morgan fingerprint density at radius 1 is 1.57 bits per heavy atom. The number of pyridine rings is 1.